The van der Waals surface area contributed by atoms with Gasteiger partial charge >= 0.3 is 0 Å². The molecule has 1 saturated carbocycles. The molecule has 1 aliphatic heterocycles. The van der Waals surface area contributed by atoms with Crippen LogP contribution in [0, 0.1) is 0 Å². The molecule has 2 rings (SSSR count). The van der Waals surface area contributed by atoms with Crippen LogP contribution in [0.25, 0.3) is 0 Å². The van der Waals surface area contributed by atoms with Gasteiger partial charge in [0.1, 0.15) is 0 Å². The molecule has 0 aromatic heterocycles. The Bertz CT molecular complexity index is 392. The summed E-state index contributed by atoms with van der Waals surface area (Å²) in [6.45, 7) is 5.19. The van der Waals surface area contributed by atoms with Crippen LogP contribution < -0.4 is 0 Å². The predicted molar refractivity (Wildman–Crippen MR) is 60.3 cm³/mol. The van der Waals surface area contributed by atoms with Gasteiger partial charge in [0.25, 0.3) is 0 Å². The first-order chi connectivity index (χ1) is 7.55. The number of rotatable bonds is 3. The van der Waals surface area contributed by atoms with E-state index in [2.05, 4.69) is 6.58 Å². The Balaban J connectivity index is 1.94. The van der Waals surface area contributed by atoms with Crippen LogP contribution in [0.1, 0.15) is 12.8 Å². The lowest BCUT2D eigenvalue weighted by atomic mass is 10.3. The zero-order valence-electron chi connectivity index (χ0n) is 9.13. The highest BCUT2D eigenvalue weighted by molar-refractivity contribution is 7.90. The molecule has 1 heterocycles. The van der Waals surface area contributed by atoms with Gasteiger partial charge in [-0.3, -0.25) is 4.79 Å². The fraction of sp³-hybridized carbons (Fsp3) is 0.700. The number of hydrogen-bond donors (Lipinski definition) is 0. The summed E-state index contributed by atoms with van der Waals surface area (Å²) in [4.78, 5) is 12.9. The predicted octanol–water partition coefficient (Wildman–Crippen LogP) is -0.191. The fourth-order valence-corrected chi connectivity index (χ4v) is 3.69. The van der Waals surface area contributed by atoms with E-state index in [1.165, 1.54) is 10.4 Å². The summed E-state index contributed by atoms with van der Waals surface area (Å²) < 4.78 is 25.3. The SMILES string of the molecule is C=CC(=O)N1CCN(S(=O)(=O)C2CC2)CC1. The van der Waals surface area contributed by atoms with Crippen molar-refractivity contribution < 1.29 is 13.2 Å². The second kappa shape index (κ2) is 4.18. The molecule has 0 bridgehead atoms. The van der Waals surface area contributed by atoms with Crippen molar-refractivity contribution >= 4 is 15.9 Å². The average molecular weight is 244 g/mol. The van der Waals surface area contributed by atoms with Gasteiger partial charge in [0.15, 0.2) is 0 Å². The molecular formula is C10H16N2O3S. The molecule has 0 aromatic carbocycles. The van der Waals surface area contributed by atoms with Crippen molar-refractivity contribution in [3.63, 3.8) is 0 Å². The highest BCUT2D eigenvalue weighted by atomic mass is 32.2. The highest BCUT2D eigenvalue weighted by Crippen LogP contribution is 2.31. The van der Waals surface area contributed by atoms with Gasteiger partial charge in [-0.15, -0.1) is 0 Å². The molecule has 0 N–H and O–H groups in total. The highest BCUT2D eigenvalue weighted by Gasteiger charge is 2.41. The molecule has 5 nitrogen and oxygen atoms in total. The van der Waals surface area contributed by atoms with E-state index in [0.29, 0.717) is 26.2 Å². The zero-order valence-corrected chi connectivity index (χ0v) is 9.95. The number of hydrogen-bond acceptors (Lipinski definition) is 3. The van der Waals surface area contributed by atoms with Crippen LogP contribution >= 0.6 is 0 Å². The Kier molecular flexibility index (Phi) is 3.03. The molecule has 0 atom stereocenters. The summed E-state index contributed by atoms with van der Waals surface area (Å²) in [5, 5.41) is -0.158. The summed E-state index contributed by atoms with van der Waals surface area (Å²) in [7, 11) is -3.08. The van der Waals surface area contributed by atoms with Gasteiger partial charge in [0, 0.05) is 26.2 Å². The second-order valence-corrected chi connectivity index (χ2v) is 6.39. The summed E-state index contributed by atoms with van der Waals surface area (Å²) in [6.07, 6.45) is 2.84. The number of piperazine rings is 1. The van der Waals surface area contributed by atoms with E-state index in [1.807, 2.05) is 0 Å². The van der Waals surface area contributed by atoms with Gasteiger partial charge in [-0.1, -0.05) is 6.58 Å². The smallest absolute Gasteiger partial charge is 0.246 e. The average Bonchev–Trinajstić information content (AvgIpc) is 3.12. The molecule has 0 unspecified atom stereocenters. The quantitative estimate of drug-likeness (QED) is 0.647. The minimum Gasteiger partial charge on any atom is -0.337 e. The number of nitrogens with zero attached hydrogens (tertiary/aromatic N) is 2. The Morgan fingerprint density at radius 3 is 2.19 bits per heavy atom. The minimum atomic E-state index is -3.08. The number of carbonyl (C=O) groups excluding carboxylic acids is 1. The Labute approximate surface area is 95.8 Å². The van der Waals surface area contributed by atoms with Crippen LogP contribution in [0.2, 0.25) is 0 Å². The van der Waals surface area contributed by atoms with Gasteiger partial charge < -0.3 is 4.90 Å². The molecule has 0 aromatic rings. The molecule has 1 aliphatic carbocycles. The van der Waals surface area contributed by atoms with Gasteiger partial charge in [0.2, 0.25) is 15.9 Å². The maximum absolute atomic E-state index is 11.9. The van der Waals surface area contributed by atoms with E-state index >= 15 is 0 Å². The first-order valence-electron chi connectivity index (χ1n) is 5.46. The van der Waals surface area contributed by atoms with Crippen molar-refractivity contribution in [2.75, 3.05) is 26.2 Å². The van der Waals surface area contributed by atoms with Crippen molar-refractivity contribution in [1.29, 1.82) is 0 Å². The van der Waals surface area contributed by atoms with Gasteiger partial charge in [-0.25, -0.2) is 8.42 Å². The van der Waals surface area contributed by atoms with Crippen molar-refractivity contribution in [1.82, 2.24) is 9.21 Å². The van der Waals surface area contributed by atoms with Gasteiger partial charge in [0.05, 0.1) is 5.25 Å². The summed E-state index contributed by atoms with van der Waals surface area (Å²) in [5.41, 5.74) is 0. The molecule has 0 spiro atoms. The zero-order chi connectivity index (χ0) is 11.8. The molecule has 2 fully saturated rings. The lowest BCUT2D eigenvalue weighted by Gasteiger charge is -2.33. The topological polar surface area (TPSA) is 57.7 Å². The summed E-state index contributed by atoms with van der Waals surface area (Å²) >= 11 is 0. The van der Waals surface area contributed by atoms with E-state index in [4.69, 9.17) is 0 Å². The van der Waals surface area contributed by atoms with Crippen molar-refractivity contribution in [3.8, 4) is 0 Å². The molecule has 1 saturated heterocycles. The standard InChI is InChI=1S/C10H16N2O3S/c1-2-10(13)11-5-7-12(8-6-11)16(14,15)9-3-4-9/h2,9H,1,3-8H2. The van der Waals surface area contributed by atoms with Crippen molar-refractivity contribution in [2.24, 2.45) is 0 Å². The third-order valence-corrected chi connectivity index (χ3v) is 5.43. The second-order valence-electron chi connectivity index (χ2n) is 4.17. The monoisotopic (exact) mass is 244 g/mol. The van der Waals surface area contributed by atoms with Crippen molar-refractivity contribution in [2.45, 2.75) is 18.1 Å². The third-order valence-electron chi connectivity index (χ3n) is 3.03. The van der Waals surface area contributed by atoms with Crippen molar-refractivity contribution in [3.05, 3.63) is 12.7 Å². The lowest BCUT2D eigenvalue weighted by molar-refractivity contribution is -0.127. The lowest BCUT2D eigenvalue weighted by Crippen LogP contribution is -2.50. The maximum Gasteiger partial charge on any atom is 0.246 e. The Hall–Kier alpha value is -0.880. The summed E-state index contributed by atoms with van der Waals surface area (Å²) in [5.74, 6) is -0.122. The first-order valence-corrected chi connectivity index (χ1v) is 6.96. The minimum absolute atomic E-state index is 0.122. The van der Waals surface area contributed by atoms with Crippen LogP contribution in [0.5, 0.6) is 0 Å². The van der Waals surface area contributed by atoms with Crippen LogP contribution in [-0.2, 0) is 14.8 Å². The van der Waals surface area contributed by atoms with E-state index in [9.17, 15) is 13.2 Å². The van der Waals surface area contributed by atoms with E-state index < -0.39 is 10.0 Å². The molecule has 16 heavy (non-hydrogen) atoms. The summed E-state index contributed by atoms with van der Waals surface area (Å²) in [6, 6.07) is 0. The van der Waals surface area contributed by atoms with E-state index in [0.717, 1.165) is 12.8 Å². The molecule has 2 aliphatic rings. The molecule has 0 radical (unpaired) electrons. The van der Waals surface area contributed by atoms with Crippen LogP contribution in [0.4, 0.5) is 0 Å². The molecular weight excluding hydrogens is 228 g/mol. The maximum atomic E-state index is 11.9. The molecule has 90 valence electrons. The molecule has 6 heteroatoms. The van der Waals surface area contributed by atoms with E-state index in [-0.39, 0.29) is 11.2 Å². The number of carbonyl (C=O) groups is 1. The number of sulfonamides is 1. The van der Waals surface area contributed by atoms with Crippen LogP contribution in [-0.4, -0.2) is 55.0 Å². The fourth-order valence-electron chi connectivity index (χ4n) is 1.87. The largest absolute Gasteiger partial charge is 0.337 e. The Morgan fingerprint density at radius 1 is 1.19 bits per heavy atom. The Morgan fingerprint density at radius 2 is 1.75 bits per heavy atom. The number of amides is 1. The van der Waals surface area contributed by atoms with Gasteiger partial charge in [-0.2, -0.15) is 4.31 Å². The molecule has 1 amide bonds. The first kappa shape index (κ1) is 11.6. The normalized spacial score (nSPS) is 23.1. The van der Waals surface area contributed by atoms with Crippen LogP contribution in [0.15, 0.2) is 12.7 Å². The third kappa shape index (κ3) is 2.12. The van der Waals surface area contributed by atoms with E-state index in [1.54, 1.807) is 4.90 Å². The van der Waals surface area contributed by atoms with Crippen LogP contribution in [0.3, 0.4) is 0 Å². The van der Waals surface area contributed by atoms with Gasteiger partial charge in [-0.05, 0) is 18.9 Å².